The fraction of sp³-hybridized carbons (Fsp3) is 0.875. The molecule has 0 saturated heterocycles. The normalized spacial score (nSPS) is 46.8. The molecule has 7 atom stereocenters. The minimum absolute atomic E-state index is 0.151. The molecule has 26 heavy (non-hydrogen) atoms. The van der Waals surface area contributed by atoms with Crippen LogP contribution < -0.4 is 0 Å². The van der Waals surface area contributed by atoms with E-state index in [1.54, 1.807) is 0 Å². The van der Waals surface area contributed by atoms with Crippen molar-refractivity contribution in [3.8, 4) is 0 Å². The van der Waals surface area contributed by atoms with Gasteiger partial charge in [0.2, 0.25) is 0 Å². The number of esters is 1. The first-order chi connectivity index (χ1) is 12.5. The molecule has 5 aliphatic carbocycles. The fourth-order valence-corrected chi connectivity index (χ4v) is 7.98. The summed E-state index contributed by atoms with van der Waals surface area (Å²) in [6.45, 7) is 4.42. The highest BCUT2D eigenvalue weighted by molar-refractivity contribution is 5.74. The minimum Gasteiger partial charge on any atom is -0.459 e. The molecular formula is C24H36O2. The van der Waals surface area contributed by atoms with E-state index in [-0.39, 0.29) is 22.9 Å². The molecule has 2 nitrogen and oxygen atoms in total. The largest absolute Gasteiger partial charge is 0.459 e. The van der Waals surface area contributed by atoms with E-state index in [0.717, 1.165) is 30.6 Å². The summed E-state index contributed by atoms with van der Waals surface area (Å²) in [4.78, 5) is 13.3. The quantitative estimate of drug-likeness (QED) is 0.464. The van der Waals surface area contributed by atoms with Gasteiger partial charge in [-0.25, -0.2) is 0 Å². The third-order valence-corrected chi connectivity index (χ3v) is 9.41. The summed E-state index contributed by atoms with van der Waals surface area (Å²) in [5, 5.41) is 0. The number of rotatable bonds is 3. The average Bonchev–Trinajstić information content (AvgIpc) is 3.21. The van der Waals surface area contributed by atoms with Gasteiger partial charge in [0.15, 0.2) is 0 Å². The molecule has 0 aromatic heterocycles. The van der Waals surface area contributed by atoms with Crippen LogP contribution in [0.3, 0.4) is 0 Å². The molecule has 4 saturated carbocycles. The molecular weight excluding hydrogens is 320 g/mol. The summed E-state index contributed by atoms with van der Waals surface area (Å²) >= 11 is 0. The molecule has 5 aliphatic rings. The van der Waals surface area contributed by atoms with Gasteiger partial charge in [-0.1, -0.05) is 31.4 Å². The first-order valence-electron chi connectivity index (χ1n) is 11.4. The van der Waals surface area contributed by atoms with E-state index in [0.29, 0.717) is 11.8 Å². The Balaban J connectivity index is 1.30. The Morgan fingerprint density at radius 3 is 2.69 bits per heavy atom. The Morgan fingerprint density at radius 1 is 1.04 bits per heavy atom. The van der Waals surface area contributed by atoms with Crippen molar-refractivity contribution in [3.63, 3.8) is 0 Å². The first-order valence-corrected chi connectivity index (χ1v) is 11.4. The summed E-state index contributed by atoms with van der Waals surface area (Å²) in [7, 11) is 0. The Hall–Kier alpha value is -0.790. The van der Waals surface area contributed by atoms with Crippen molar-refractivity contribution in [2.75, 3.05) is 0 Å². The molecule has 0 aromatic carbocycles. The molecule has 0 N–H and O–H groups in total. The van der Waals surface area contributed by atoms with E-state index in [1.165, 1.54) is 57.8 Å². The van der Waals surface area contributed by atoms with E-state index < -0.39 is 0 Å². The van der Waals surface area contributed by atoms with Crippen LogP contribution in [0.5, 0.6) is 0 Å². The van der Waals surface area contributed by atoms with Crippen LogP contribution >= 0.6 is 0 Å². The summed E-state index contributed by atoms with van der Waals surface area (Å²) in [6.07, 6.45) is 18.9. The lowest BCUT2D eigenvalue weighted by Crippen LogP contribution is -2.51. The zero-order valence-electron chi connectivity index (χ0n) is 16.7. The smallest absolute Gasteiger partial charge is 0.309 e. The molecule has 144 valence electrons. The molecule has 0 amide bonds. The number of allylic oxidation sites excluding steroid dienone is 2. The standard InChI is InChI=1S/C24H36O2/c1-23(2,24-11-5-7-16(15-24)8-6-12-24)26-22(25)21-14-17-13-20(21)19-10-4-3-9-18(17)19/h5,7,16-21H,3-4,6,8-15H2,1-2H3. The monoisotopic (exact) mass is 356 g/mol. The molecule has 0 spiro atoms. The second-order valence-electron chi connectivity index (χ2n) is 10.8. The van der Waals surface area contributed by atoms with Crippen LogP contribution in [-0.4, -0.2) is 11.6 Å². The number of hydrogen-bond donors (Lipinski definition) is 0. The van der Waals surface area contributed by atoms with Crippen LogP contribution in [0.2, 0.25) is 0 Å². The predicted octanol–water partition coefficient (Wildman–Crippen LogP) is 5.91. The average molecular weight is 357 g/mol. The topological polar surface area (TPSA) is 26.3 Å². The number of hydrogen-bond acceptors (Lipinski definition) is 2. The van der Waals surface area contributed by atoms with Gasteiger partial charge < -0.3 is 4.74 Å². The van der Waals surface area contributed by atoms with Crippen molar-refractivity contribution in [1.29, 1.82) is 0 Å². The van der Waals surface area contributed by atoms with E-state index >= 15 is 0 Å². The van der Waals surface area contributed by atoms with Gasteiger partial charge in [-0.15, -0.1) is 0 Å². The minimum atomic E-state index is -0.332. The Labute approximate surface area is 159 Å². The lowest BCUT2D eigenvalue weighted by atomic mass is 9.57. The highest BCUT2D eigenvalue weighted by Crippen LogP contribution is 2.61. The molecule has 0 heterocycles. The van der Waals surface area contributed by atoms with E-state index in [2.05, 4.69) is 26.0 Å². The van der Waals surface area contributed by atoms with Gasteiger partial charge in [-0.05, 0) is 94.8 Å². The maximum Gasteiger partial charge on any atom is 0.309 e. The van der Waals surface area contributed by atoms with Crippen molar-refractivity contribution in [3.05, 3.63) is 12.2 Å². The molecule has 5 rings (SSSR count). The molecule has 0 radical (unpaired) electrons. The lowest BCUT2D eigenvalue weighted by molar-refractivity contribution is -0.184. The van der Waals surface area contributed by atoms with Crippen molar-refractivity contribution in [2.45, 2.75) is 90.1 Å². The summed E-state index contributed by atoms with van der Waals surface area (Å²) in [5.41, 5.74) is -0.160. The Kier molecular flexibility index (Phi) is 4.07. The molecule has 2 heteroatoms. The van der Waals surface area contributed by atoms with Gasteiger partial charge in [0.1, 0.15) is 5.60 Å². The molecule has 0 aliphatic heterocycles. The van der Waals surface area contributed by atoms with Crippen LogP contribution in [0.4, 0.5) is 0 Å². The highest BCUT2D eigenvalue weighted by atomic mass is 16.6. The summed E-state index contributed by atoms with van der Waals surface area (Å²) in [6, 6.07) is 0. The second-order valence-corrected chi connectivity index (χ2v) is 10.8. The maximum atomic E-state index is 13.3. The number of ether oxygens (including phenoxy) is 1. The SMILES string of the molecule is CC(C)(OC(=O)C1CC2CC1C1CCCCC21)C12CC=CC(CCC1)C2. The molecule has 0 aromatic rings. The third-order valence-electron chi connectivity index (χ3n) is 9.41. The van der Waals surface area contributed by atoms with Gasteiger partial charge in [-0.3, -0.25) is 4.79 Å². The van der Waals surface area contributed by atoms with Crippen molar-refractivity contribution in [1.82, 2.24) is 0 Å². The van der Waals surface area contributed by atoms with Crippen LogP contribution in [0.25, 0.3) is 0 Å². The fourth-order valence-electron chi connectivity index (χ4n) is 7.98. The lowest BCUT2D eigenvalue weighted by Gasteiger charge is -2.52. The number of carbonyl (C=O) groups excluding carboxylic acids is 1. The van der Waals surface area contributed by atoms with Crippen LogP contribution in [0.15, 0.2) is 12.2 Å². The third kappa shape index (κ3) is 2.53. The summed E-state index contributed by atoms with van der Waals surface area (Å²) in [5.74, 6) is 4.29. The van der Waals surface area contributed by atoms with Crippen LogP contribution in [0.1, 0.15) is 84.5 Å². The van der Waals surface area contributed by atoms with Gasteiger partial charge in [0.25, 0.3) is 0 Å². The number of fused-ring (bicyclic) bond motifs is 7. The van der Waals surface area contributed by atoms with Gasteiger partial charge in [0.05, 0.1) is 5.92 Å². The zero-order valence-corrected chi connectivity index (χ0v) is 16.7. The first kappa shape index (κ1) is 17.3. The van der Waals surface area contributed by atoms with E-state index in [1.807, 2.05) is 0 Å². The summed E-state index contributed by atoms with van der Waals surface area (Å²) < 4.78 is 6.40. The van der Waals surface area contributed by atoms with Gasteiger partial charge in [-0.2, -0.15) is 0 Å². The van der Waals surface area contributed by atoms with Crippen molar-refractivity contribution < 1.29 is 9.53 Å². The molecule has 7 unspecified atom stereocenters. The van der Waals surface area contributed by atoms with Crippen LogP contribution in [0, 0.1) is 40.9 Å². The number of carbonyl (C=O) groups is 1. The highest BCUT2D eigenvalue weighted by Gasteiger charge is 2.57. The zero-order chi connectivity index (χ0) is 17.9. The molecule has 4 fully saturated rings. The van der Waals surface area contributed by atoms with Crippen molar-refractivity contribution in [2.24, 2.45) is 40.9 Å². The Morgan fingerprint density at radius 2 is 1.85 bits per heavy atom. The van der Waals surface area contributed by atoms with E-state index in [4.69, 9.17) is 4.74 Å². The molecule has 4 bridgehead atoms. The van der Waals surface area contributed by atoms with E-state index in [9.17, 15) is 4.79 Å². The van der Waals surface area contributed by atoms with Gasteiger partial charge in [0, 0.05) is 5.41 Å². The van der Waals surface area contributed by atoms with Crippen molar-refractivity contribution >= 4 is 5.97 Å². The van der Waals surface area contributed by atoms with Crippen LogP contribution in [-0.2, 0) is 9.53 Å². The Bertz CT molecular complexity index is 605. The van der Waals surface area contributed by atoms with Gasteiger partial charge >= 0.3 is 5.97 Å². The maximum absolute atomic E-state index is 13.3. The predicted molar refractivity (Wildman–Crippen MR) is 103 cm³/mol. The second kappa shape index (κ2) is 6.11.